The van der Waals surface area contributed by atoms with Crippen LogP contribution >= 0.6 is 0 Å². The van der Waals surface area contributed by atoms with Gasteiger partial charge in [0, 0.05) is 24.7 Å². The molecule has 10 heteroatoms. The average molecular weight is 382 g/mol. The summed E-state index contributed by atoms with van der Waals surface area (Å²) in [5.41, 5.74) is 1.94. The molecule has 4 rings (SSSR count). The van der Waals surface area contributed by atoms with Crippen molar-refractivity contribution in [2.24, 2.45) is 0 Å². The van der Waals surface area contributed by atoms with E-state index < -0.39 is 0 Å². The van der Waals surface area contributed by atoms with Gasteiger partial charge in [0.2, 0.25) is 11.8 Å². The molecule has 144 valence electrons. The number of methoxy groups -OCH3 is 2. The lowest BCUT2D eigenvalue weighted by Gasteiger charge is -2.28. The molecule has 1 N–H and O–H groups in total. The summed E-state index contributed by atoms with van der Waals surface area (Å²) in [4.78, 5) is 30.3. The normalized spacial score (nSPS) is 13.8. The summed E-state index contributed by atoms with van der Waals surface area (Å²) in [6.07, 6.45) is 0.676. The zero-order valence-corrected chi connectivity index (χ0v) is 15.4. The minimum absolute atomic E-state index is 0.146. The van der Waals surface area contributed by atoms with Crippen molar-refractivity contribution in [3.05, 3.63) is 41.5 Å². The summed E-state index contributed by atoms with van der Waals surface area (Å²) in [6.45, 7) is 0.860. The largest absolute Gasteiger partial charge is 0.481 e. The number of benzene rings is 1. The van der Waals surface area contributed by atoms with Crippen LogP contribution in [0.5, 0.6) is 11.8 Å². The van der Waals surface area contributed by atoms with Crippen LogP contribution in [0, 0.1) is 0 Å². The standard InChI is InChI=1S/C18H18N6O4/c1-27-15-7-5-12(16(19-15)28-2)18(26)24-9-3-8-23(24)17(25)11-4-6-13-14(10-11)21-22-20-13/h4-7,10H,3,8-9H2,1-2H3,(H,20,21,22). The number of hydrogen-bond donors (Lipinski definition) is 1. The lowest BCUT2D eigenvalue weighted by Crippen LogP contribution is -2.45. The van der Waals surface area contributed by atoms with Gasteiger partial charge in [0.25, 0.3) is 11.8 Å². The Kier molecular flexibility index (Phi) is 4.52. The Morgan fingerprint density at radius 3 is 2.46 bits per heavy atom. The second-order valence-electron chi connectivity index (χ2n) is 6.15. The first-order valence-corrected chi connectivity index (χ1v) is 8.65. The molecule has 0 saturated carbocycles. The van der Waals surface area contributed by atoms with Crippen molar-refractivity contribution >= 4 is 22.8 Å². The molecule has 28 heavy (non-hydrogen) atoms. The Morgan fingerprint density at radius 1 is 0.964 bits per heavy atom. The minimum atomic E-state index is -0.361. The first kappa shape index (κ1) is 17.7. The SMILES string of the molecule is COc1ccc(C(=O)N2CCCN2C(=O)c2ccc3n[nH]nc3c2)c(OC)n1. The van der Waals surface area contributed by atoms with Gasteiger partial charge < -0.3 is 9.47 Å². The van der Waals surface area contributed by atoms with E-state index in [1.807, 2.05) is 0 Å². The zero-order valence-electron chi connectivity index (χ0n) is 15.4. The third-order valence-electron chi connectivity index (χ3n) is 4.53. The van der Waals surface area contributed by atoms with E-state index in [-0.39, 0.29) is 23.3 Å². The Bertz CT molecular complexity index is 1050. The van der Waals surface area contributed by atoms with Crippen molar-refractivity contribution < 1.29 is 19.1 Å². The molecule has 0 atom stereocenters. The van der Waals surface area contributed by atoms with Crippen molar-refractivity contribution in [2.75, 3.05) is 27.3 Å². The molecule has 0 radical (unpaired) electrons. The zero-order chi connectivity index (χ0) is 19.7. The number of hydrazine groups is 1. The first-order valence-electron chi connectivity index (χ1n) is 8.65. The smallest absolute Gasteiger partial charge is 0.277 e. The Balaban J connectivity index is 1.62. The van der Waals surface area contributed by atoms with Gasteiger partial charge in [-0.15, -0.1) is 0 Å². The maximum atomic E-state index is 13.1. The number of hydrogen-bond acceptors (Lipinski definition) is 7. The van der Waals surface area contributed by atoms with Gasteiger partial charge >= 0.3 is 0 Å². The molecule has 2 aromatic heterocycles. The molecule has 1 aromatic carbocycles. The van der Waals surface area contributed by atoms with Gasteiger partial charge in [0.05, 0.1) is 14.2 Å². The number of aromatic nitrogens is 4. The molecule has 0 bridgehead atoms. The maximum absolute atomic E-state index is 13.1. The van der Waals surface area contributed by atoms with Crippen molar-refractivity contribution in [3.8, 4) is 11.8 Å². The number of rotatable bonds is 4. The number of nitrogens with one attached hydrogen (secondary N) is 1. The fraction of sp³-hybridized carbons (Fsp3) is 0.278. The van der Waals surface area contributed by atoms with Crippen LogP contribution in [0.1, 0.15) is 27.1 Å². The molecule has 3 heterocycles. The molecule has 1 aliphatic heterocycles. The predicted octanol–water partition coefficient (Wildman–Crippen LogP) is 1.27. The van der Waals surface area contributed by atoms with E-state index in [2.05, 4.69) is 20.4 Å². The predicted molar refractivity (Wildman–Crippen MR) is 97.9 cm³/mol. The lowest BCUT2D eigenvalue weighted by molar-refractivity contribution is 0.0183. The minimum Gasteiger partial charge on any atom is -0.481 e. The van der Waals surface area contributed by atoms with Gasteiger partial charge in [-0.2, -0.15) is 20.4 Å². The van der Waals surface area contributed by atoms with Gasteiger partial charge in [0.1, 0.15) is 16.6 Å². The van der Waals surface area contributed by atoms with Crippen LogP contribution in [-0.2, 0) is 0 Å². The highest BCUT2D eigenvalue weighted by molar-refractivity contribution is 6.01. The topological polar surface area (TPSA) is 114 Å². The second-order valence-corrected chi connectivity index (χ2v) is 6.15. The molecular formula is C18H18N6O4. The van der Waals surface area contributed by atoms with Crippen LogP contribution in [0.2, 0.25) is 0 Å². The van der Waals surface area contributed by atoms with Crippen LogP contribution in [-0.4, -0.2) is 69.5 Å². The van der Waals surface area contributed by atoms with Crippen LogP contribution in [0.3, 0.4) is 0 Å². The van der Waals surface area contributed by atoms with Crippen molar-refractivity contribution in [1.82, 2.24) is 30.4 Å². The van der Waals surface area contributed by atoms with Crippen LogP contribution in [0.15, 0.2) is 30.3 Å². The lowest BCUT2D eigenvalue weighted by atomic mass is 10.2. The molecular weight excluding hydrogens is 364 g/mol. The summed E-state index contributed by atoms with van der Waals surface area (Å²) in [6, 6.07) is 8.19. The highest BCUT2D eigenvalue weighted by Crippen LogP contribution is 2.25. The number of pyridine rings is 1. The number of nitrogens with zero attached hydrogens (tertiary/aromatic N) is 5. The Labute approximate surface area is 160 Å². The van der Waals surface area contributed by atoms with Gasteiger partial charge in [-0.25, -0.2) is 10.0 Å². The monoisotopic (exact) mass is 382 g/mol. The number of ether oxygens (including phenoxy) is 2. The number of fused-ring (bicyclic) bond motifs is 1. The molecule has 2 amide bonds. The van der Waals surface area contributed by atoms with E-state index in [9.17, 15) is 9.59 Å². The van der Waals surface area contributed by atoms with Gasteiger partial charge in [0.15, 0.2) is 0 Å². The molecule has 1 fully saturated rings. The van der Waals surface area contributed by atoms with E-state index in [4.69, 9.17) is 9.47 Å². The number of amides is 2. The van der Waals surface area contributed by atoms with Crippen molar-refractivity contribution in [2.45, 2.75) is 6.42 Å². The fourth-order valence-electron chi connectivity index (χ4n) is 3.15. The molecule has 1 saturated heterocycles. The average Bonchev–Trinajstić information content (AvgIpc) is 3.40. The van der Waals surface area contributed by atoms with Crippen LogP contribution in [0.25, 0.3) is 11.0 Å². The molecule has 1 aliphatic rings. The number of aromatic amines is 1. The third-order valence-corrected chi connectivity index (χ3v) is 4.53. The summed E-state index contributed by atoms with van der Waals surface area (Å²) in [7, 11) is 2.91. The number of H-pyrrole nitrogens is 1. The first-order chi connectivity index (χ1) is 13.6. The number of carbonyl (C=O) groups is 2. The molecule has 0 spiro atoms. The molecule has 10 nitrogen and oxygen atoms in total. The molecule has 0 unspecified atom stereocenters. The molecule has 3 aromatic rings. The van der Waals surface area contributed by atoms with Crippen LogP contribution in [0.4, 0.5) is 0 Å². The van der Waals surface area contributed by atoms with E-state index >= 15 is 0 Å². The van der Waals surface area contributed by atoms with E-state index in [0.29, 0.717) is 42.0 Å². The van der Waals surface area contributed by atoms with E-state index in [0.717, 1.165) is 0 Å². The summed E-state index contributed by atoms with van der Waals surface area (Å²) < 4.78 is 10.3. The van der Waals surface area contributed by atoms with Gasteiger partial charge in [-0.3, -0.25) is 9.59 Å². The summed E-state index contributed by atoms with van der Waals surface area (Å²) in [5.74, 6) is -0.159. The highest BCUT2D eigenvalue weighted by Gasteiger charge is 2.33. The third kappa shape index (κ3) is 2.98. The van der Waals surface area contributed by atoms with E-state index in [1.54, 1.807) is 30.3 Å². The fourth-order valence-corrected chi connectivity index (χ4v) is 3.15. The summed E-state index contributed by atoms with van der Waals surface area (Å²) >= 11 is 0. The van der Waals surface area contributed by atoms with Crippen LogP contribution < -0.4 is 9.47 Å². The molecule has 0 aliphatic carbocycles. The van der Waals surface area contributed by atoms with Gasteiger partial charge in [-0.05, 0) is 30.7 Å². The van der Waals surface area contributed by atoms with E-state index in [1.165, 1.54) is 24.2 Å². The highest BCUT2D eigenvalue weighted by atomic mass is 16.5. The van der Waals surface area contributed by atoms with Crippen molar-refractivity contribution in [3.63, 3.8) is 0 Å². The Morgan fingerprint density at radius 2 is 1.71 bits per heavy atom. The van der Waals surface area contributed by atoms with Gasteiger partial charge in [-0.1, -0.05) is 0 Å². The quantitative estimate of drug-likeness (QED) is 0.723. The number of carbonyl (C=O) groups excluding carboxylic acids is 2. The maximum Gasteiger partial charge on any atom is 0.277 e. The second kappa shape index (κ2) is 7.14. The summed E-state index contributed by atoms with van der Waals surface area (Å²) in [5, 5.41) is 13.4. The van der Waals surface area contributed by atoms with Crippen molar-refractivity contribution in [1.29, 1.82) is 0 Å². The Hall–Kier alpha value is -3.69.